The Morgan fingerprint density at radius 3 is 2.70 bits per heavy atom. The number of rotatable bonds is 9. The molecule has 0 aliphatic heterocycles. The van der Waals surface area contributed by atoms with Crippen molar-refractivity contribution in [2.24, 2.45) is 0 Å². The number of hydrogen-bond acceptors (Lipinski definition) is 4. The summed E-state index contributed by atoms with van der Waals surface area (Å²) in [6.45, 7) is 6.27. The average molecular weight is 300 g/mol. The number of hydrogen-bond donors (Lipinski definition) is 2. The van der Waals surface area contributed by atoms with E-state index >= 15 is 0 Å². The summed E-state index contributed by atoms with van der Waals surface area (Å²) in [4.78, 5) is 0.352. The third-order valence-electron chi connectivity index (χ3n) is 2.94. The van der Waals surface area contributed by atoms with Gasteiger partial charge in [0.1, 0.15) is 0 Å². The molecule has 1 aromatic carbocycles. The Morgan fingerprint density at radius 2 is 2.05 bits per heavy atom. The minimum atomic E-state index is -3.45. The number of nitrogens with one attached hydrogen (secondary N) is 2. The molecular formula is C14H24N2O3S. The molecule has 0 saturated carbocycles. The number of sulfonamides is 1. The fraction of sp³-hybridized carbons (Fsp3) is 0.571. The molecule has 0 amide bonds. The van der Waals surface area contributed by atoms with Crippen LogP contribution in [-0.2, 0) is 21.3 Å². The van der Waals surface area contributed by atoms with Gasteiger partial charge in [-0.25, -0.2) is 13.1 Å². The molecule has 0 aromatic heterocycles. The smallest absolute Gasteiger partial charge is 0.240 e. The molecule has 114 valence electrons. The van der Waals surface area contributed by atoms with E-state index < -0.39 is 10.0 Å². The predicted octanol–water partition coefficient (Wildman–Crippen LogP) is 1.42. The zero-order valence-electron chi connectivity index (χ0n) is 12.4. The second-order valence-corrected chi connectivity index (χ2v) is 6.36. The normalized spacial score (nSPS) is 11.8. The van der Waals surface area contributed by atoms with Crippen LogP contribution in [-0.4, -0.2) is 35.2 Å². The quantitative estimate of drug-likeness (QED) is 0.677. The molecular weight excluding hydrogens is 276 g/mol. The molecule has 0 radical (unpaired) electrons. The molecule has 5 nitrogen and oxygen atoms in total. The maximum atomic E-state index is 12.3. The molecule has 0 heterocycles. The van der Waals surface area contributed by atoms with E-state index in [0.29, 0.717) is 31.0 Å². The van der Waals surface area contributed by atoms with Gasteiger partial charge in [0, 0.05) is 26.8 Å². The van der Waals surface area contributed by atoms with Gasteiger partial charge in [-0.1, -0.05) is 19.1 Å². The first kappa shape index (κ1) is 17.1. The zero-order chi connectivity index (χ0) is 15.0. The highest BCUT2D eigenvalue weighted by atomic mass is 32.2. The number of benzene rings is 1. The lowest BCUT2D eigenvalue weighted by Gasteiger charge is -2.11. The van der Waals surface area contributed by atoms with Crippen LogP contribution in [0.4, 0.5) is 0 Å². The number of ether oxygens (including phenoxy) is 1. The first-order valence-corrected chi connectivity index (χ1v) is 8.28. The van der Waals surface area contributed by atoms with E-state index in [1.54, 1.807) is 20.1 Å². The van der Waals surface area contributed by atoms with Crippen molar-refractivity contribution in [1.29, 1.82) is 0 Å². The van der Waals surface area contributed by atoms with Crippen molar-refractivity contribution in [2.75, 3.05) is 26.8 Å². The molecule has 20 heavy (non-hydrogen) atoms. The SMILES string of the molecule is CCNCc1ccc(C)c(S(=O)(=O)NCCCOC)c1. The maximum absolute atomic E-state index is 12.3. The van der Waals surface area contributed by atoms with Crippen LogP contribution in [0.25, 0.3) is 0 Å². The van der Waals surface area contributed by atoms with Gasteiger partial charge in [-0.05, 0) is 37.1 Å². The highest BCUT2D eigenvalue weighted by Gasteiger charge is 2.16. The fourth-order valence-electron chi connectivity index (χ4n) is 1.81. The van der Waals surface area contributed by atoms with Gasteiger partial charge in [0.15, 0.2) is 0 Å². The maximum Gasteiger partial charge on any atom is 0.240 e. The topological polar surface area (TPSA) is 67.4 Å². The molecule has 1 rings (SSSR count). The van der Waals surface area contributed by atoms with E-state index in [9.17, 15) is 8.42 Å². The average Bonchev–Trinajstić information content (AvgIpc) is 2.42. The highest BCUT2D eigenvalue weighted by molar-refractivity contribution is 7.89. The molecule has 1 aromatic rings. The molecule has 0 bridgehead atoms. The number of aryl methyl sites for hydroxylation is 1. The van der Waals surface area contributed by atoms with E-state index in [-0.39, 0.29) is 0 Å². The Kier molecular flexibility index (Phi) is 7.15. The molecule has 0 atom stereocenters. The van der Waals surface area contributed by atoms with Gasteiger partial charge in [-0.3, -0.25) is 0 Å². The van der Waals surface area contributed by atoms with Crippen molar-refractivity contribution in [2.45, 2.75) is 31.7 Å². The summed E-state index contributed by atoms with van der Waals surface area (Å²) in [5, 5.41) is 3.19. The largest absolute Gasteiger partial charge is 0.385 e. The minimum absolute atomic E-state index is 0.352. The van der Waals surface area contributed by atoms with Crippen LogP contribution in [0, 0.1) is 6.92 Å². The summed E-state index contributed by atoms with van der Waals surface area (Å²) in [7, 11) is -1.85. The summed E-state index contributed by atoms with van der Waals surface area (Å²) >= 11 is 0. The highest BCUT2D eigenvalue weighted by Crippen LogP contribution is 2.17. The van der Waals surface area contributed by atoms with Crippen molar-refractivity contribution in [1.82, 2.24) is 10.0 Å². The molecule has 0 spiro atoms. The van der Waals surface area contributed by atoms with Gasteiger partial charge in [0.2, 0.25) is 10.0 Å². The third kappa shape index (κ3) is 5.20. The summed E-state index contributed by atoms with van der Waals surface area (Å²) in [5.41, 5.74) is 1.72. The second kappa shape index (κ2) is 8.36. The Morgan fingerprint density at radius 1 is 1.30 bits per heavy atom. The Labute approximate surface area is 121 Å². The monoisotopic (exact) mass is 300 g/mol. The molecule has 6 heteroatoms. The van der Waals surface area contributed by atoms with Crippen molar-refractivity contribution in [3.05, 3.63) is 29.3 Å². The number of methoxy groups -OCH3 is 1. The summed E-state index contributed by atoms with van der Waals surface area (Å²) < 4.78 is 32.1. The molecule has 0 aliphatic rings. The van der Waals surface area contributed by atoms with Crippen LogP contribution in [0.3, 0.4) is 0 Å². The van der Waals surface area contributed by atoms with E-state index in [4.69, 9.17) is 4.74 Å². The van der Waals surface area contributed by atoms with Gasteiger partial charge in [0.25, 0.3) is 0 Å². The van der Waals surface area contributed by atoms with Crippen LogP contribution in [0.15, 0.2) is 23.1 Å². The van der Waals surface area contributed by atoms with Gasteiger partial charge in [-0.2, -0.15) is 0 Å². The second-order valence-electron chi connectivity index (χ2n) is 4.62. The third-order valence-corrected chi connectivity index (χ3v) is 4.54. The lowest BCUT2D eigenvalue weighted by atomic mass is 10.1. The molecule has 0 unspecified atom stereocenters. The Balaban J connectivity index is 2.81. The van der Waals surface area contributed by atoms with Crippen molar-refractivity contribution < 1.29 is 13.2 Å². The lowest BCUT2D eigenvalue weighted by molar-refractivity contribution is 0.196. The van der Waals surface area contributed by atoms with E-state index in [2.05, 4.69) is 10.0 Å². The standard InChI is InChI=1S/C14H24N2O3S/c1-4-15-11-13-7-6-12(2)14(10-13)20(17,18)16-8-5-9-19-3/h6-7,10,15-16H,4-5,8-9,11H2,1-3H3. The van der Waals surface area contributed by atoms with Gasteiger partial charge in [0.05, 0.1) is 4.90 Å². The molecule has 2 N–H and O–H groups in total. The fourth-order valence-corrected chi connectivity index (χ4v) is 3.18. The van der Waals surface area contributed by atoms with Gasteiger partial charge >= 0.3 is 0 Å². The van der Waals surface area contributed by atoms with E-state index in [1.807, 2.05) is 19.1 Å². The summed E-state index contributed by atoms with van der Waals surface area (Å²) in [5.74, 6) is 0. The van der Waals surface area contributed by atoms with Crippen molar-refractivity contribution >= 4 is 10.0 Å². The summed E-state index contributed by atoms with van der Waals surface area (Å²) in [6, 6.07) is 5.52. The van der Waals surface area contributed by atoms with E-state index in [1.165, 1.54) is 0 Å². The van der Waals surface area contributed by atoms with Crippen LogP contribution in [0.1, 0.15) is 24.5 Å². The zero-order valence-corrected chi connectivity index (χ0v) is 13.2. The predicted molar refractivity (Wildman–Crippen MR) is 80.2 cm³/mol. The van der Waals surface area contributed by atoms with E-state index in [0.717, 1.165) is 17.7 Å². The van der Waals surface area contributed by atoms with Gasteiger partial charge < -0.3 is 10.1 Å². The van der Waals surface area contributed by atoms with Crippen molar-refractivity contribution in [3.63, 3.8) is 0 Å². The minimum Gasteiger partial charge on any atom is -0.385 e. The van der Waals surface area contributed by atoms with Gasteiger partial charge in [-0.15, -0.1) is 0 Å². The molecule has 0 fully saturated rings. The van der Waals surface area contributed by atoms with Crippen LogP contribution >= 0.6 is 0 Å². The first-order chi connectivity index (χ1) is 9.51. The van der Waals surface area contributed by atoms with Crippen LogP contribution < -0.4 is 10.0 Å². The Bertz CT molecular complexity index is 515. The summed E-state index contributed by atoms with van der Waals surface area (Å²) in [6.07, 6.45) is 0.659. The molecule has 0 aliphatic carbocycles. The first-order valence-electron chi connectivity index (χ1n) is 6.80. The van der Waals surface area contributed by atoms with Crippen LogP contribution in [0.5, 0.6) is 0 Å². The van der Waals surface area contributed by atoms with Crippen molar-refractivity contribution in [3.8, 4) is 0 Å². The Hall–Kier alpha value is -0.950. The van der Waals surface area contributed by atoms with Crippen LogP contribution in [0.2, 0.25) is 0 Å². The molecule has 0 saturated heterocycles. The lowest BCUT2D eigenvalue weighted by Crippen LogP contribution is -2.26.